The third-order valence-electron chi connectivity index (χ3n) is 2.07. The van der Waals surface area contributed by atoms with Crippen molar-refractivity contribution < 1.29 is 19.1 Å². The molecule has 0 heterocycles. The monoisotopic (exact) mass is 257 g/mol. The number of benzene rings is 1. The zero-order valence-corrected chi connectivity index (χ0v) is 9.96. The highest BCUT2D eigenvalue weighted by Crippen LogP contribution is 2.20. The van der Waals surface area contributed by atoms with Crippen molar-refractivity contribution in [3.63, 3.8) is 0 Å². The van der Waals surface area contributed by atoms with Gasteiger partial charge < -0.3 is 15.2 Å². The summed E-state index contributed by atoms with van der Waals surface area (Å²) in [5, 5.41) is 10.4. The predicted molar refractivity (Wildman–Crippen MR) is 63.7 cm³/mol. The maximum absolute atomic E-state index is 13.4. The number of thioether (sulfide) groups is 1. The molecule has 4 nitrogen and oxygen atoms in total. The zero-order chi connectivity index (χ0) is 12.8. The number of aromatic hydroxyl groups is 1. The molecule has 0 bridgehead atoms. The van der Waals surface area contributed by atoms with E-state index in [4.69, 9.17) is 5.11 Å². The second-order valence-electron chi connectivity index (χ2n) is 3.31. The molecule has 0 aliphatic heterocycles. The zero-order valence-electron chi connectivity index (χ0n) is 9.14. The lowest BCUT2D eigenvalue weighted by atomic mass is 10.1. The first-order valence-corrected chi connectivity index (χ1v) is 5.76. The van der Waals surface area contributed by atoms with Gasteiger partial charge >= 0.3 is 0 Å². The van der Waals surface area contributed by atoms with Crippen molar-refractivity contribution in [3.05, 3.63) is 29.6 Å². The van der Waals surface area contributed by atoms with Crippen LogP contribution in [0.1, 0.15) is 5.56 Å². The van der Waals surface area contributed by atoms with Gasteiger partial charge in [0.05, 0.1) is 5.25 Å². The normalized spacial score (nSPS) is 11.9. The molecular weight excluding hydrogens is 245 g/mol. The van der Waals surface area contributed by atoms with Crippen molar-refractivity contribution in [2.45, 2.75) is 11.7 Å². The molecule has 0 aliphatic carbocycles. The number of hydrogen-bond donors (Lipinski definition) is 2. The molecule has 0 saturated carbocycles. The Morgan fingerprint density at radius 1 is 1.65 bits per heavy atom. The van der Waals surface area contributed by atoms with E-state index in [9.17, 15) is 14.0 Å². The molecule has 0 aromatic heterocycles. The average Bonchev–Trinajstić information content (AvgIpc) is 2.31. The Labute approximate surface area is 102 Å². The van der Waals surface area contributed by atoms with Crippen LogP contribution in [-0.4, -0.2) is 28.9 Å². The maximum Gasteiger partial charge on any atom is 0.279 e. The van der Waals surface area contributed by atoms with Crippen molar-refractivity contribution in [3.8, 4) is 5.75 Å². The SMILES string of the molecule is CNC(=O)SC(C=O)Cc1ccc(O)cc1F. The van der Waals surface area contributed by atoms with Crippen molar-refractivity contribution in [2.24, 2.45) is 0 Å². The minimum atomic E-state index is -0.644. The number of hydrogen-bond acceptors (Lipinski definition) is 4. The van der Waals surface area contributed by atoms with Crippen LogP contribution in [0.4, 0.5) is 9.18 Å². The highest BCUT2D eigenvalue weighted by molar-refractivity contribution is 8.14. The maximum atomic E-state index is 13.4. The molecule has 1 aromatic rings. The van der Waals surface area contributed by atoms with Crippen molar-refractivity contribution in [1.82, 2.24) is 5.32 Å². The number of amides is 1. The second kappa shape index (κ2) is 6.24. The molecule has 1 rings (SSSR count). The summed E-state index contributed by atoms with van der Waals surface area (Å²) < 4.78 is 13.4. The standard InChI is InChI=1S/C11H12FNO3S/c1-13-11(16)17-9(6-14)4-7-2-3-8(15)5-10(7)12/h2-3,5-6,9,15H,4H2,1H3,(H,13,16). The summed E-state index contributed by atoms with van der Waals surface area (Å²) in [6.07, 6.45) is 0.708. The van der Waals surface area contributed by atoms with Gasteiger partial charge in [-0.2, -0.15) is 0 Å². The minimum absolute atomic E-state index is 0.105. The molecule has 6 heteroatoms. The Morgan fingerprint density at radius 3 is 2.88 bits per heavy atom. The van der Waals surface area contributed by atoms with Crippen molar-refractivity contribution >= 4 is 23.3 Å². The summed E-state index contributed by atoms with van der Waals surface area (Å²) in [7, 11) is 1.46. The smallest absolute Gasteiger partial charge is 0.279 e. The summed E-state index contributed by atoms with van der Waals surface area (Å²) >= 11 is 0.805. The van der Waals surface area contributed by atoms with E-state index < -0.39 is 11.1 Å². The first kappa shape index (κ1) is 13.5. The van der Waals surface area contributed by atoms with Crippen LogP contribution in [0.2, 0.25) is 0 Å². The number of aldehydes is 1. The molecule has 1 aromatic carbocycles. The second-order valence-corrected chi connectivity index (χ2v) is 4.52. The van der Waals surface area contributed by atoms with Gasteiger partial charge in [0.1, 0.15) is 17.9 Å². The van der Waals surface area contributed by atoms with Crippen LogP contribution in [0.15, 0.2) is 18.2 Å². The number of rotatable bonds is 4. The average molecular weight is 257 g/mol. The fourth-order valence-electron chi connectivity index (χ4n) is 1.23. The van der Waals surface area contributed by atoms with Gasteiger partial charge in [-0.1, -0.05) is 17.8 Å². The van der Waals surface area contributed by atoms with Gasteiger partial charge in [-0.3, -0.25) is 4.79 Å². The third-order valence-corrected chi connectivity index (χ3v) is 3.07. The van der Waals surface area contributed by atoms with E-state index in [1.807, 2.05) is 0 Å². The van der Waals surface area contributed by atoms with Crippen LogP contribution >= 0.6 is 11.8 Å². The fraction of sp³-hybridized carbons (Fsp3) is 0.273. The molecule has 1 amide bonds. The largest absolute Gasteiger partial charge is 0.508 e. The molecule has 92 valence electrons. The molecule has 1 atom stereocenters. The highest BCUT2D eigenvalue weighted by atomic mass is 32.2. The summed E-state index contributed by atoms with van der Waals surface area (Å²) in [5.41, 5.74) is 0.288. The molecule has 0 spiro atoms. The van der Waals surface area contributed by atoms with E-state index in [0.717, 1.165) is 17.8 Å². The Kier molecular flexibility index (Phi) is 4.96. The van der Waals surface area contributed by atoms with E-state index >= 15 is 0 Å². The minimum Gasteiger partial charge on any atom is -0.508 e. The lowest BCUT2D eigenvalue weighted by Crippen LogP contribution is -2.19. The van der Waals surface area contributed by atoms with Crippen molar-refractivity contribution in [2.75, 3.05) is 7.05 Å². The number of halogens is 1. The first-order chi connectivity index (χ1) is 8.06. The number of nitrogens with one attached hydrogen (secondary N) is 1. The molecule has 0 aliphatic rings. The van der Waals surface area contributed by atoms with E-state index in [1.165, 1.54) is 19.2 Å². The Bertz CT molecular complexity index is 425. The predicted octanol–water partition coefficient (Wildman–Crippen LogP) is 1.71. The lowest BCUT2D eigenvalue weighted by Gasteiger charge is -2.09. The highest BCUT2D eigenvalue weighted by Gasteiger charge is 2.16. The molecule has 0 radical (unpaired) electrons. The van der Waals surface area contributed by atoms with E-state index in [0.29, 0.717) is 6.29 Å². The topological polar surface area (TPSA) is 66.4 Å². The van der Waals surface area contributed by atoms with Gasteiger partial charge in [0, 0.05) is 13.1 Å². The van der Waals surface area contributed by atoms with Crippen LogP contribution in [0.5, 0.6) is 5.75 Å². The Morgan fingerprint density at radius 2 is 2.35 bits per heavy atom. The Hall–Kier alpha value is -1.56. The molecule has 2 N–H and O–H groups in total. The van der Waals surface area contributed by atoms with Gasteiger partial charge in [0.2, 0.25) is 0 Å². The van der Waals surface area contributed by atoms with Gasteiger partial charge in [-0.25, -0.2) is 4.39 Å². The van der Waals surface area contributed by atoms with Gasteiger partial charge in [0.15, 0.2) is 0 Å². The summed E-state index contributed by atoms with van der Waals surface area (Å²) in [6.45, 7) is 0. The fourth-order valence-corrected chi connectivity index (χ4v) is 1.94. The van der Waals surface area contributed by atoms with E-state index in [2.05, 4.69) is 5.32 Å². The van der Waals surface area contributed by atoms with Gasteiger partial charge in [0.25, 0.3) is 5.24 Å². The summed E-state index contributed by atoms with van der Waals surface area (Å²) in [6, 6.07) is 3.71. The molecule has 0 saturated heterocycles. The number of phenolic OH excluding ortho intramolecular Hbond substituents is 1. The first-order valence-electron chi connectivity index (χ1n) is 4.88. The van der Waals surface area contributed by atoms with Crippen LogP contribution < -0.4 is 5.32 Å². The van der Waals surface area contributed by atoms with Crippen LogP contribution in [-0.2, 0) is 11.2 Å². The van der Waals surface area contributed by atoms with Crippen molar-refractivity contribution in [1.29, 1.82) is 0 Å². The van der Waals surface area contributed by atoms with Gasteiger partial charge in [-0.05, 0) is 18.1 Å². The molecule has 17 heavy (non-hydrogen) atoms. The molecular formula is C11H12FNO3S. The lowest BCUT2D eigenvalue weighted by molar-refractivity contribution is -0.107. The number of phenols is 1. The van der Waals surface area contributed by atoms with E-state index in [1.54, 1.807) is 0 Å². The Balaban J connectivity index is 2.73. The van der Waals surface area contributed by atoms with Crippen LogP contribution in [0, 0.1) is 5.82 Å². The summed E-state index contributed by atoms with van der Waals surface area (Å²) in [4.78, 5) is 21.8. The summed E-state index contributed by atoms with van der Waals surface area (Å²) in [5.74, 6) is -0.762. The number of carbonyl (C=O) groups excluding carboxylic acids is 2. The van der Waals surface area contributed by atoms with E-state index in [-0.39, 0.29) is 23.0 Å². The number of carbonyl (C=O) groups is 2. The quantitative estimate of drug-likeness (QED) is 0.806. The third kappa shape index (κ3) is 4.07. The molecule has 1 unspecified atom stereocenters. The van der Waals surface area contributed by atoms with Crippen LogP contribution in [0.25, 0.3) is 0 Å². The molecule has 0 fully saturated rings. The van der Waals surface area contributed by atoms with Crippen LogP contribution in [0.3, 0.4) is 0 Å². The van der Waals surface area contributed by atoms with Gasteiger partial charge in [-0.15, -0.1) is 0 Å².